The van der Waals surface area contributed by atoms with Crippen molar-refractivity contribution < 1.29 is 0 Å². The summed E-state index contributed by atoms with van der Waals surface area (Å²) >= 11 is 3.02. The van der Waals surface area contributed by atoms with Crippen molar-refractivity contribution in [1.82, 2.24) is 19.4 Å². The van der Waals surface area contributed by atoms with Crippen LogP contribution in [0.15, 0.2) is 57.9 Å². The minimum absolute atomic E-state index is 0.0289. The van der Waals surface area contributed by atoms with Gasteiger partial charge < -0.3 is 4.98 Å². The molecule has 120 valence electrons. The Hall–Kier alpha value is -2.38. The minimum Gasteiger partial charge on any atom is -0.333 e. The molecule has 0 unspecified atom stereocenters. The van der Waals surface area contributed by atoms with E-state index in [4.69, 9.17) is 0 Å². The zero-order chi connectivity index (χ0) is 16.5. The Morgan fingerprint density at radius 1 is 1.29 bits per heavy atom. The Kier molecular flexibility index (Phi) is 3.95. The number of nitrogens with one attached hydrogen (secondary N) is 1. The fraction of sp³-hybridized carbons (Fsp3) is 0.118. The summed E-state index contributed by atoms with van der Waals surface area (Å²) in [7, 11) is 0. The predicted octanol–water partition coefficient (Wildman–Crippen LogP) is 3.75. The molecule has 0 atom stereocenters. The van der Waals surface area contributed by atoms with Crippen LogP contribution in [0.5, 0.6) is 0 Å². The first-order chi connectivity index (χ1) is 11.7. The predicted molar refractivity (Wildman–Crippen MR) is 97.7 cm³/mol. The fourth-order valence-electron chi connectivity index (χ4n) is 2.46. The number of thiazole rings is 1. The maximum absolute atomic E-state index is 12.2. The van der Waals surface area contributed by atoms with Gasteiger partial charge in [-0.3, -0.25) is 9.20 Å². The fourth-order valence-corrected chi connectivity index (χ4v) is 4.09. The van der Waals surface area contributed by atoms with Crippen LogP contribution in [0, 0.1) is 6.92 Å². The molecular formula is C17H14N4OS2. The second-order valence-corrected chi connectivity index (χ2v) is 7.14. The number of imidazole rings is 1. The number of benzene rings is 1. The van der Waals surface area contributed by atoms with E-state index in [2.05, 4.69) is 15.0 Å². The molecule has 1 N–H and O–H groups in total. The molecule has 0 saturated carbocycles. The van der Waals surface area contributed by atoms with Gasteiger partial charge in [0.2, 0.25) is 0 Å². The van der Waals surface area contributed by atoms with E-state index in [0.717, 1.165) is 32.8 Å². The van der Waals surface area contributed by atoms with Gasteiger partial charge in [-0.15, -0.1) is 11.3 Å². The number of aromatic amines is 1. The summed E-state index contributed by atoms with van der Waals surface area (Å²) < 4.78 is 1.64. The molecule has 0 aliphatic heterocycles. The zero-order valence-corrected chi connectivity index (χ0v) is 14.5. The van der Waals surface area contributed by atoms with Crippen molar-refractivity contribution in [3.05, 3.63) is 69.7 Å². The number of nitrogens with zero attached hydrogens (tertiary/aromatic N) is 3. The Bertz CT molecular complexity index is 1050. The van der Waals surface area contributed by atoms with Crippen LogP contribution in [0.4, 0.5) is 0 Å². The number of aromatic nitrogens is 4. The second-order valence-electron chi connectivity index (χ2n) is 5.34. The van der Waals surface area contributed by atoms with Crippen LogP contribution in [-0.4, -0.2) is 19.4 Å². The van der Waals surface area contributed by atoms with E-state index >= 15 is 0 Å². The maximum atomic E-state index is 12.2. The highest BCUT2D eigenvalue weighted by Gasteiger charge is 2.08. The number of hydrogen-bond donors (Lipinski definition) is 1. The highest BCUT2D eigenvalue weighted by molar-refractivity contribution is 7.98. The Balaban J connectivity index is 1.53. The minimum atomic E-state index is -0.0289. The Morgan fingerprint density at radius 3 is 2.96 bits per heavy atom. The van der Waals surface area contributed by atoms with Crippen LogP contribution in [0.3, 0.4) is 0 Å². The molecule has 5 nitrogen and oxygen atoms in total. The lowest BCUT2D eigenvalue weighted by Gasteiger charge is -2.00. The van der Waals surface area contributed by atoms with Crippen molar-refractivity contribution in [2.45, 2.75) is 17.8 Å². The average molecular weight is 354 g/mol. The van der Waals surface area contributed by atoms with E-state index in [1.807, 2.05) is 48.8 Å². The monoisotopic (exact) mass is 354 g/mol. The molecule has 24 heavy (non-hydrogen) atoms. The lowest BCUT2D eigenvalue weighted by atomic mass is 10.2. The first-order valence-corrected chi connectivity index (χ1v) is 9.27. The van der Waals surface area contributed by atoms with Gasteiger partial charge in [0.05, 0.1) is 17.6 Å². The number of aryl methyl sites for hydroxylation is 1. The summed E-state index contributed by atoms with van der Waals surface area (Å²) in [5, 5.41) is 2.76. The molecule has 1 aromatic carbocycles. The van der Waals surface area contributed by atoms with Gasteiger partial charge in [-0.1, -0.05) is 42.1 Å². The molecule has 3 heterocycles. The second kappa shape index (κ2) is 6.26. The molecule has 0 amide bonds. The zero-order valence-electron chi connectivity index (χ0n) is 12.9. The summed E-state index contributed by atoms with van der Waals surface area (Å²) in [6.07, 6.45) is 1.83. The van der Waals surface area contributed by atoms with Crippen LogP contribution in [0.1, 0.15) is 11.4 Å². The van der Waals surface area contributed by atoms with Gasteiger partial charge in [-0.25, -0.2) is 9.97 Å². The smallest absolute Gasteiger partial charge is 0.258 e. The van der Waals surface area contributed by atoms with Crippen molar-refractivity contribution in [3.8, 4) is 11.3 Å². The lowest BCUT2D eigenvalue weighted by Crippen LogP contribution is -2.14. The van der Waals surface area contributed by atoms with E-state index in [1.165, 1.54) is 11.3 Å². The molecule has 0 fully saturated rings. The summed E-state index contributed by atoms with van der Waals surface area (Å²) in [5.41, 5.74) is 3.74. The number of thioether (sulfide) groups is 1. The molecule has 0 radical (unpaired) electrons. The van der Waals surface area contributed by atoms with Crippen molar-refractivity contribution in [2.75, 3.05) is 0 Å². The normalized spacial score (nSPS) is 11.2. The van der Waals surface area contributed by atoms with Crippen molar-refractivity contribution in [1.29, 1.82) is 0 Å². The lowest BCUT2D eigenvalue weighted by molar-refractivity contribution is 0.994. The highest BCUT2D eigenvalue weighted by atomic mass is 32.2. The molecule has 3 aromatic heterocycles. The van der Waals surface area contributed by atoms with Crippen LogP contribution in [0.25, 0.3) is 16.2 Å². The summed E-state index contributed by atoms with van der Waals surface area (Å²) in [6.45, 7) is 1.91. The van der Waals surface area contributed by atoms with Crippen LogP contribution < -0.4 is 5.56 Å². The molecular weight excluding hydrogens is 340 g/mol. The quantitative estimate of drug-likeness (QED) is 0.567. The molecule has 0 aliphatic carbocycles. The molecule has 7 heteroatoms. The van der Waals surface area contributed by atoms with E-state index in [0.29, 0.717) is 5.75 Å². The molecule has 0 spiro atoms. The van der Waals surface area contributed by atoms with Gasteiger partial charge in [0.15, 0.2) is 10.1 Å². The summed E-state index contributed by atoms with van der Waals surface area (Å²) in [5.74, 6) is 0.602. The van der Waals surface area contributed by atoms with E-state index < -0.39 is 0 Å². The number of rotatable bonds is 4. The van der Waals surface area contributed by atoms with Crippen molar-refractivity contribution in [3.63, 3.8) is 0 Å². The maximum Gasteiger partial charge on any atom is 0.258 e. The molecule has 0 saturated heterocycles. The van der Waals surface area contributed by atoms with Gasteiger partial charge in [0.25, 0.3) is 5.56 Å². The van der Waals surface area contributed by atoms with E-state index in [-0.39, 0.29) is 5.56 Å². The van der Waals surface area contributed by atoms with E-state index in [9.17, 15) is 4.79 Å². The van der Waals surface area contributed by atoms with Gasteiger partial charge in [-0.2, -0.15) is 0 Å². The third kappa shape index (κ3) is 2.88. The van der Waals surface area contributed by atoms with Gasteiger partial charge in [0.1, 0.15) is 0 Å². The first kappa shape index (κ1) is 15.2. The van der Waals surface area contributed by atoms with Crippen molar-refractivity contribution in [2.24, 2.45) is 0 Å². The molecule has 4 aromatic rings. The van der Waals surface area contributed by atoms with E-state index in [1.54, 1.807) is 22.2 Å². The number of fused-ring (bicyclic) bond motifs is 1. The Morgan fingerprint density at radius 2 is 2.12 bits per heavy atom. The standard InChI is InChI=1S/C17H14N4OS2/c1-11-9-24-17-19-13(7-15(22)21(11)17)10-23-16-18-8-14(20-16)12-5-3-2-4-6-12/h2-9H,10H2,1H3,(H,18,20). The SMILES string of the molecule is Cc1csc2nc(CSc3ncc(-c4ccccc4)[nH]3)cc(=O)n12. The molecule has 0 bridgehead atoms. The Labute approximate surface area is 146 Å². The van der Waals surface area contributed by atoms with Gasteiger partial charge in [-0.05, 0) is 12.5 Å². The van der Waals surface area contributed by atoms with Crippen LogP contribution >= 0.6 is 23.1 Å². The van der Waals surface area contributed by atoms with Crippen molar-refractivity contribution >= 4 is 28.1 Å². The summed E-state index contributed by atoms with van der Waals surface area (Å²) in [6, 6.07) is 11.7. The molecule has 4 rings (SSSR count). The molecule has 0 aliphatic rings. The third-order valence-corrected chi connectivity index (χ3v) is 5.49. The van der Waals surface area contributed by atoms with Crippen LogP contribution in [-0.2, 0) is 5.75 Å². The average Bonchev–Trinajstić information content (AvgIpc) is 3.21. The van der Waals surface area contributed by atoms with Gasteiger partial charge >= 0.3 is 0 Å². The van der Waals surface area contributed by atoms with Crippen LogP contribution in [0.2, 0.25) is 0 Å². The largest absolute Gasteiger partial charge is 0.333 e. The third-order valence-electron chi connectivity index (χ3n) is 3.62. The summed E-state index contributed by atoms with van der Waals surface area (Å²) in [4.78, 5) is 25.2. The topological polar surface area (TPSA) is 63.0 Å². The number of H-pyrrole nitrogens is 1. The highest BCUT2D eigenvalue weighted by Crippen LogP contribution is 2.23. The first-order valence-electron chi connectivity index (χ1n) is 7.41. The van der Waals surface area contributed by atoms with Gasteiger partial charge in [0, 0.05) is 22.9 Å². The number of hydrogen-bond acceptors (Lipinski definition) is 5.